The number of benzene rings is 1. The van der Waals surface area contributed by atoms with Gasteiger partial charge in [-0.1, -0.05) is 50.6 Å². The highest BCUT2D eigenvalue weighted by molar-refractivity contribution is 5.77. The molecule has 0 spiro atoms. The zero-order valence-corrected chi connectivity index (χ0v) is 12.2. The molecule has 1 rings (SSSR count). The lowest BCUT2D eigenvalue weighted by Gasteiger charge is -2.19. The lowest BCUT2D eigenvalue weighted by Crippen LogP contribution is -2.35. The molecule has 3 atom stereocenters. The Morgan fingerprint density at radius 2 is 1.89 bits per heavy atom. The number of nitrogens with one attached hydrogen (secondary N) is 1. The molecule has 0 aromatic heterocycles. The molecule has 3 N–H and O–H groups in total. The number of carbonyl (C=O) groups is 1. The van der Waals surface area contributed by atoms with E-state index in [1.807, 2.05) is 30.3 Å². The van der Waals surface area contributed by atoms with Crippen LogP contribution < -0.4 is 11.1 Å². The first-order valence-electron chi connectivity index (χ1n) is 7.12. The van der Waals surface area contributed by atoms with Gasteiger partial charge in [-0.15, -0.1) is 0 Å². The van der Waals surface area contributed by atoms with Crippen LogP contribution in [0.1, 0.15) is 51.6 Å². The molecule has 0 saturated carbocycles. The van der Waals surface area contributed by atoms with Gasteiger partial charge < -0.3 is 11.1 Å². The van der Waals surface area contributed by atoms with Crippen molar-refractivity contribution in [2.75, 3.05) is 0 Å². The van der Waals surface area contributed by atoms with Gasteiger partial charge in [-0.05, 0) is 24.8 Å². The van der Waals surface area contributed by atoms with E-state index in [9.17, 15) is 4.79 Å². The van der Waals surface area contributed by atoms with Crippen LogP contribution in [0.25, 0.3) is 0 Å². The molecule has 106 valence electrons. The van der Waals surface area contributed by atoms with Crippen LogP contribution in [0.3, 0.4) is 0 Å². The molecule has 0 aliphatic rings. The van der Waals surface area contributed by atoms with Crippen LogP contribution in [0.2, 0.25) is 0 Å². The Labute approximate surface area is 116 Å². The van der Waals surface area contributed by atoms with Crippen LogP contribution in [0.4, 0.5) is 0 Å². The fourth-order valence-corrected chi connectivity index (χ4v) is 2.18. The van der Waals surface area contributed by atoms with Gasteiger partial charge in [-0.25, -0.2) is 0 Å². The van der Waals surface area contributed by atoms with Gasteiger partial charge in [0, 0.05) is 18.5 Å². The summed E-state index contributed by atoms with van der Waals surface area (Å²) in [6.07, 6.45) is 2.50. The molecule has 1 amide bonds. The number of hydrogen-bond acceptors (Lipinski definition) is 2. The topological polar surface area (TPSA) is 55.1 Å². The second-order valence-corrected chi connectivity index (χ2v) is 5.44. The van der Waals surface area contributed by atoms with E-state index in [0.717, 1.165) is 18.4 Å². The molecule has 0 aliphatic heterocycles. The Morgan fingerprint density at radius 3 is 2.47 bits per heavy atom. The van der Waals surface area contributed by atoms with Gasteiger partial charge in [0.1, 0.15) is 0 Å². The molecular formula is C16H26N2O. The molecule has 1 aromatic rings. The number of nitrogens with two attached hydrogens (primary N) is 1. The van der Waals surface area contributed by atoms with Crippen molar-refractivity contribution >= 4 is 5.91 Å². The van der Waals surface area contributed by atoms with E-state index in [-0.39, 0.29) is 18.0 Å². The number of hydrogen-bond donors (Lipinski definition) is 2. The first-order valence-corrected chi connectivity index (χ1v) is 7.12. The third kappa shape index (κ3) is 5.88. The lowest BCUT2D eigenvalue weighted by molar-refractivity contribution is -0.122. The molecule has 0 bridgehead atoms. The maximum atomic E-state index is 11.9. The SMILES string of the molecule is CCC(C)CC(C)NC(=O)CC(N)c1ccccc1. The highest BCUT2D eigenvalue weighted by Crippen LogP contribution is 2.14. The number of rotatable bonds is 7. The molecule has 3 heteroatoms. The maximum Gasteiger partial charge on any atom is 0.222 e. The highest BCUT2D eigenvalue weighted by atomic mass is 16.1. The number of carbonyl (C=O) groups excluding carboxylic acids is 1. The normalized spacial score (nSPS) is 15.6. The van der Waals surface area contributed by atoms with Gasteiger partial charge in [0.25, 0.3) is 0 Å². The molecule has 0 heterocycles. The van der Waals surface area contributed by atoms with Crippen molar-refractivity contribution in [3.8, 4) is 0 Å². The fourth-order valence-electron chi connectivity index (χ4n) is 2.18. The average Bonchev–Trinajstić information content (AvgIpc) is 2.39. The monoisotopic (exact) mass is 262 g/mol. The van der Waals surface area contributed by atoms with Gasteiger partial charge in [0.2, 0.25) is 5.91 Å². The summed E-state index contributed by atoms with van der Waals surface area (Å²) in [5.41, 5.74) is 7.04. The zero-order chi connectivity index (χ0) is 14.3. The van der Waals surface area contributed by atoms with Crippen LogP contribution in [0.15, 0.2) is 30.3 Å². The Morgan fingerprint density at radius 1 is 1.26 bits per heavy atom. The molecule has 0 saturated heterocycles. The first-order chi connectivity index (χ1) is 9.02. The molecule has 1 aromatic carbocycles. The van der Waals surface area contributed by atoms with Gasteiger partial charge in [0.15, 0.2) is 0 Å². The summed E-state index contributed by atoms with van der Waals surface area (Å²) in [6, 6.07) is 9.74. The molecular weight excluding hydrogens is 236 g/mol. The van der Waals surface area contributed by atoms with Gasteiger partial charge >= 0.3 is 0 Å². The molecule has 19 heavy (non-hydrogen) atoms. The summed E-state index contributed by atoms with van der Waals surface area (Å²) >= 11 is 0. The molecule has 3 unspecified atom stereocenters. The minimum atomic E-state index is -0.225. The predicted octanol–water partition coefficient (Wildman–Crippen LogP) is 3.02. The predicted molar refractivity (Wildman–Crippen MR) is 79.7 cm³/mol. The van der Waals surface area contributed by atoms with Crippen LogP contribution in [-0.2, 0) is 4.79 Å². The van der Waals surface area contributed by atoms with Crippen molar-refractivity contribution in [2.45, 2.75) is 52.1 Å². The van der Waals surface area contributed by atoms with Gasteiger partial charge in [-0.2, -0.15) is 0 Å². The highest BCUT2D eigenvalue weighted by Gasteiger charge is 2.14. The van der Waals surface area contributed by atoms with E-state index >= 15 is 0 Å². The standard InChI is InChI=1S/C16H26N2O/c1-4-12(2)10-13(3)18-16(19)11-15(17)14-8-6-5-7-9-14/h5-9,12-13,15H,4,10-11,17H2,1-3H3,(H,18,19). The van der Waals surface area contributed by atoms with Crippen LogP contribution in [0, 0.1) is 5.92 Å². The summed E-state index contributed by atoms with van der Waals surface area (Å²) in [5, 5.41) is 3.03. The van der Waals surface area contributed by atoms with Crippen LogP contribution >= 0.6 is 0 Å². The van der Waals surface area contributed by atoms with E-state index in [2.05, 4.69) is 26.1 Å². The summed E-state index contributed by atoms with van der Waals surface area (Å²) in [4.78, 5) is 11.9. The van der Waals surface area contributed by atoms with Crippen LogP contribution in [-0.4, -0.2) is 11.9 Å². The summed E-state index contributed by atoms with van der Waals surface area (Å²) < 4.78 is 0. The van der Waals surface area contributed by atoms with Crippen molar-refractivity contribution in [1.82, 2.24) is 5.32 Å². The second-order valence-electron chi connectivity index (χ2n) is 5.44. The largest absolute Gasteiger partial charge is 0.354 e. The van der Waals surface area contributed by atoms with Crippen molar-refractivity contribution < 1.29 is 4.79 Å². The zero-order valence-electron chi connectivity index (χ0n) is 12.2. The minimum Gasteiger partial charge on any atom is -0.354 e. The minimum absolute atomic E-state index is 0.0344. The smallest absolute Gasteiger partial charge is 0.222 e. The Hall–Kier alpha value is -1.35. The quantitative estimate of drug-likeness (QED) is 0.793. The van der Waals surface area contributed by atoms with E-state index in [1.165, 1.54) is 0 Å². The molecule has 3 nitrogen and oxygen atoms in total. The number of amides is 1. The Kier molecular flexibility index (Phi) is 6.57. The van der Waals surface area contributed by atoms with Crippen molar-refractivity contribution in [3.63, 3.8) is 0 Å². The van der Waals surface area contributed by atoms with E-state index in [1.54, 1.807) is 0 Å². The van der Waals surface area contributed by atoms with Crippen molar-refractivity contribution in [3.05, 3.63) is 35.9 Å². The lowest BCUT2D eigenvalue weighted by atomic mass is 10.00. The van der Waals surface area contributed by atoms with Gasteiger partial charge in [-0.3, -0.25) is 4.79 Å². The van der Waals surface area contributed by atoms with E-state index in [4.69, 9.17) is 5.73 Å². The summed E-state index contributed by atoms with van der Waals surface area (Å²) in [7, 11) is 0. The van der Waals surface area contributed by atoms with Crippen LogP contribution in [0.5, 0.6) is 0 Å². The third-order valence-electron chi connectivity index (χ3n) is 3.49. The summed E-state index contributed by atoms with van der Waals surface area (Å²) in [6.45, 7) is 6.43. The molecule has 0 aliphatic carbocycles. The molecule has 0 radical (unpaired) electrons. The molecule has 0 fully saturated rings. The third-order valence-corrected chi connectivity index (χ3v) is 3.49. The Bertz CT molecular complexity index is 378. The van der Waals surface area contributed by atoms with Gasteiger partial charge in [0.05, 0.1) is 0 Å². The van der Waals surface area contributed by atoms with Crippen molar-refractivity contribution in [1.29, 1.82) is 0 Å². The fraction of sp³-hybridized carbons (Fsp3) is 0.562. The average molecular weight is 262 g/mol. The maximum absolute atomic E-state index is 11.9. The first kappa shape index (κ1) is 15.7. The summed E-state index contributed by atoms with van der Waals surface area (Å²) in [5.74, 6) is 0.672. The van der Waals surface area contributed by atoms with E-state index < -0.39 is 0 Å². The second kappa shape index (κ2) is 7.95. The Balaban J connectivity index is 2.39. The van der Waals surface area contributed by atoms with Crippen molar-refractivity contribution in [2.24, 2.45) is 11.7 Å². The van der Waals surface area contributed by atoms with E-state index in [0.29, 0.717) is 12.3 Å².